The number of hydrogen-bond donors (Lipinski definition) is 0. The smallest absolute Gasteiger partial charge is 0.184 e. The van der Waals surface area contributed by atoms with Gasteiger partial charge in [0.25, 0.3) is 0 Å². The van der Waals surface area contributed by atoms with Crippen molar-refractivity contribution < 1.29 is 14.3 Å². The van der Waals surface area contributed by atoms with E-state index in [2.05, 4.69) is 0 Å². The number of rotatable bonds is 2. The van der Waals surface area contributed by atoms with Crippen LogP contribution in [0.3, 0.4) is 0 Å². The van der Waals surface area contributed by atoms with E-state index in [1.807, 2.05) is 6.92 Å². The Balaban J connectivity index is 2.49. The molecule has 3 heteroatoms. The Morgan fingerprint density at radius 2 is 2.45 bits per heavy atom. The second-order valence-corrected chi connectivity index (χ2v) is 2.36. The monoisotopic (exact) mass is 156 g/mol. The van der Waals surface area contributed by atoms with Crippen LogP contribution >= 0.6 is 0 Å². The van der Waals surface area contributed by atoms with E-state index >= 15 is 0 Å². The van der Waals surface area contributed by atoms with Crippen LogP contribution < -0.4 is 0 Å². The van der Waals surface area contributed by atoms with E-state index in [0.29, 0.717) is 6.61 Å². The highest BCUT2D eigenvalue weighted by Crippen LogP contribution is 2.09. The summed E-state index contributed by atoms with van der Waals surface area (Å²) in [6, 6.07) is 0. The van der Waals surface area contributed by atoms with Crippen LogP contribution in [-0.4, -0.2) is 24.8 Å². The van der Waals surface area contributed by atoms with Crippen molar-refractivity contribution >= 4 is 5.78 Å². The number of ether oxygens (including phenoxy) is 2. The molecule has 0 N–H and O–H groups in total. The molecule has 1 aliphatic rings. The second kappa shape index (κ2) is 3.64. The molecule has 0 aliphatic carbocycles. The molecule has 11 heavy (non-hydrogen) atoms. The number of ketones is 1. The van der Waals surface area contributed by atoms with Gasteiger partial charge in [-0.3, -0.25) is 4.79 Å². The number of carbonyl (C=O) groups is 1. The molecule has 1 rings (SSSR count). The Morgan fingerprint density at radius 3 is 3.00 bits per heavy atom. The van der Waals surface area contributed by atoms with Crippen LogP contribution in [0.25, 0.3) is 0 Å². The minimum Gasteiger partial charge on any atom is -0.349 e. The van der Waals surface area contributed by atoms with E-state index < -0.39 is 0 Å². The molecule has 1 heterocycles. The average Bonchev–Trinajstić information content (AvgIpc) is 1.98. The Hall–Kier alpha value is -0.670. The van der Waals surface area contributed by atoms with Gasteiger partial charge in [-0.15, -0.1) is 0 Å². The Labute approximate surface area is 66.0 Å². The predicted molar refractivity (Wildman–Crippen MR) is 40.1 cm³/mol. The maximum atomic E-state index is 10.9. The van der Waals surface area contributed by atoms with Gasteiger partial charge in [-0.25, -0.2) is 0 Å². The lowest BCUT2D eigenvalue weighted by atomic mass is 10.2. The lowest BCUT2D eigenvalue weighted by Crippen LogP contribution is -2.30. The van der Waals surface area contributed by atoms with E-state index in [0.717, 1.165) is 0 Å². The van der Waals surface area contributed by atoms with E-state index in [-0.39, 0.29) is 18.2 Å². The van der Waals surface area contributed by atoms with Gasteiger partial charge in [-0.05, 0) is 26.0 Å². The first kappa shape index (κ1) is 8.43. The lowest BCUT2D eigenvalue weighted by molar-refractivity contribution is -0.158. The summed E-state index contributed by atoms with van der Waals surface area (Å²) in [5.74, 6) is 0.000882. The molecule has 0 fully saturated rings. The van der Waals surface area contributed by atoms with Crippen LogP contribution in [0.2, 0.25) is 0 Å². The van der Waals surface area contributed by atoms with Crippen molar-refractivity contribution in [2.24, 2.45) is 0 Å². The zero-order valence-electron chi connectivity index (χ0n) is 6.74. The largest absolute Gasteiger partial charge is 0.349 e. The lowest BCUT2D eigenvalue weighted by Gasteiger charge is -2.21. The standard InChI is InChI=1S/C8H12O3/c1-3-10-8-5-4-7(9)6(2)11-8/h4-6,8H,3H2,1-2H3/t6-,8+/m0/s1. The van der Waals surface area contributed by atoms with E-state index in [4.69, 9.17) is 9.47 Å². The highest BCUT2D eigenvalue weighted by atomic mass is 16.7. The first-order chi connectivity index (χ1) is 5.24. The quantitative estimate of drug-likeness (QED) is 0.595. The molecular weight excluding hydrogens is 144 g/mol. The van der Waals surface area contributed by atoms with Gasteiger partial charge < -0.3 is 9.47 Å². The van der Waals surface area contributed by atoms with Crippen molar-refractivity contribution in [3.63, 3.8) is 0 Å². The van der Waals surface area contributed by atoms with Crippen LogP contribution in [0, 0.1) is 0 Å². The van der Waals surface area contributed by atoms with E-state index in [1.54, 1.807) is 13.0 Å². The van der Waals surface area contributed by atoms with Gasteiger partial charge in [0.05, 0.1) is 0 Å². The van der Waals surface area contributed by atoms with Crippen molar-refractivity contribution in [2.75, 3.05) is 6.61 Å². The molecule has 0 unspecified atom stereocenters. The molecule has 2 atom stereocenters. The van der Waals surface area contributed by atoms with E-state index in [9.17, 15) is 4.79 Å². The minimum atomic E-state index is -0.364. The fraction of sp³-hybridized carbons (Fsp3) is 0.625. The highest BCUT2D eigenvalue weighted by Gasteiger charge is 2.20. The van der Waals surface area contributed by atoms with Gasteiger partial charge in [-0.2, -0.15) is 0 Å². The third kappa shape index (κ3) is 2.13. The third-order valence-corrected chi connectivity index (χ3v) is 1.49. The molecular formula is C8H12O3. The van der Waals surface area contributed by atoms with Crippen LogP contribution in [0.4, 0.5) is 0 Å². The van der Waals surface area contributed by atoms with Crippen LogP contribution in [0.5, 0.6) is 0 Å². The average molecular weight is 156 g/mol. The van der Waals surface area contributed by atoms with Crippen LogP contribution in [-0.2, 0) is 14.3 Å². The van der Waals surface area contributed by atoms with Crippen molar-refractivity contribution in [1.29, 1.82) is 0 Å². The maximum Gasteiger partial charge on any atom is 0.184 e. The first-order valence-corrected chi connectivity index (χ1v) is 3.73. The maximum absolute atomic E-state index is 10.9. The van der Waals surface area contributed by atoms with E-state index in [1.165, 1.54) is 6.08 Å². The number of carbonyl (C=O) groups excluding carboxylic acids is 1. The molecule has 0 bridgehead atoms. The summed E-state index contributed by atoms with van der Waals surface area (Å²) >= 11 is 0. The van der Waals surface area contributed by atoms with Gasteiger partial charge >= 0.3 is 0 Å². The van der Waals surface area contributed by atoms with Crippen molar-refractivity contribution in [3.8, 4) is 0 Å². The Bertz CT molecular complexity index is 174. The minimum absolute atomic E-state index is 0.000882. The molecule has 0 saturated carbocycles. The summed E-state index contributed by atoms with van der Waals surface area (Å²) in [7, 11) is 0. The van der Waals surface area contributed by atoms with Crippen molar-refractivity contribution in [3.05, 3.63) is 12.2 Å². The Morgan fingerprint density at radius 1 is 1.73 bits per heavy atom. The molecule has 0 aromatic carbocycles. The predicted octanol–water partition coefficient (Wildman–Crippen LogP) is 0.893. The molecule has 1 aliphatic heterocycles. The topological polar surface area (TPSA) is 35.5 Å². The summed E-state index contributed by atoms with van der Waals surface area (Å²) in [5.41, 5.74) is 0. The van der Waals surface area contributed by atoms with Gasteiger partial charge in [-0.1, -0.05) is 0 Å². The molecule has 0 aromatic heterocycles. The summed E-state index contributed by atoms with van der Waals surface area (Å²) in [6.07, 6.45) is 2.43. The summed E-state index contributed by atoms with van der Waals surface area (Å²) in [4.78, 5) is 10.9. The van der Waals surface area contributed by atoms with Gasteiger partial charge in [0.1, 0.15) is 6.10 Å². The van der Waals surface area contributed by atoms with Crippen molar-refractivity contribution in [1.82, 2.24) is 0 Å². The summed E-state index contributed by atoms with van der Waals surface area (Å²) in [5, 5.41) is 0. The fourth-order valence-corrected chi connectivity index (χ4v) is 0.882. The van der Waals surface area contributed by atoms with Crippen LogP contribution in [0.1, 0.15) is 13.8 Å². The number of hydrogen-bond acceptors (Lipinski definition) is 3. The van der Waals surface area contributed by atoms with Gasteiger partial charge in [0.15, 0.2) is 12.1 Å². The molecule has 3 nitrogen and oxygen atoms in total. The fourth-order valence-electron chi connectivity index (χ4n) is 0.882. The van der Waals surface area contributed by atoms with Crippen LogP contribution in [0.15, 0.2) is 12.2 Å². The molecule has 62 valence electrons. The summed E-state index contributed by atoms with van der Waals surface area (Å²) < 4.78 is 10.3. The normalized spacial score (nSPS) is 30.9. The molecule has 0 spiro atoms. The third-order valence-electron chi connectivity index (χ3n) is 1.49. The highest BCUT2D eigenvalue weighted by molar-refractivity contribution is 5.93. The van der Waals surface area contributed by atoms with Gasteiger partial charge in [0, 0.05) is 6.61 Å². The molecule has 0 amide bonds. The summed E-state index contributed by atoms with van der Waals surface area (Å²) in [6.45, 7) is 4.20. The second-order valence-electron chi connectivity index (χ2n) is 2.36. The molecule has 0 aromatic rings. The molecule has 0 saturated heterocycles. The first-order valence-electron chi connectivity index (χ1n) is 3.73. The Kier molecular flexibility index (Phi) is 2.79. The SMILES string of the molecule is CCO[C@H]1C=CC(=O)[C@H](C)O1. The zero-order chi connectivity index (χ0) is 8.27. The molecule has 0 radical (unpaired) electrons. The van der Waals surface area contributed by atoms with Crippen molar-refractivity contribution in [2.45, 2.75) is 26.2 Å². The zero-order valence-corrected chi connectivity index (χ0v) is 6.74. The van der Waals surface area contributed by atoms with Gasteiger partial charge in [0.2, 0.25) is 0 Å².